The Morgan fingerprint density at radius 1 is 0.968 bits per heavy atom. The van der Waals surface area contributed by atoms with Gasteiger partial charge in [-0.05, 0) is 42.5 Å². The predicted molar refractivity (Wildman–Crippen MR) is 116 cm³/mol. The van der Waals surface area contributed by atoms with E-state index in [0.29, 0.717) is 30.1 Å². The average Bonchev–Trinajstić information content (AvgIpc) is 3.43. The molecule has 0 bridgehead atoms. The van der Waals surface area contributed by atoms with Crippen LogP contribution in [-0.4, -0.2) is 38.2 Å². The van der Waals surface area contributed by atoms with Gasteiger partial charge in [-0.15, -0.1) is 0 Å². The number of methoxy groups -OCH3 is 2. The van der Waals surface area contributed by atoms with E-state index >= 15 is 0 Å². The molecular weight excluding hydrogens is 396 g/mol. The van der Waals surface area contributed by atoms with Gasteiger partial charge < -0.3 is 18.9 Å². The maximum Gasteiger partial charge on any atom is 0.309 e. The first-order valence-electron chi connectivity index (χ1n) is 10.6. The molecule has 2 aromatic rings. The van der Waals surface area contributed by atoms with Gasteiger partial charge in [0.2, 0.25) is 5.75 Å². The molecule has 0 spiro atoms. The Balaban J connectivity index is 1.72. The molecule has 6 heteroatoms. The van der Waals surface area contributed by atoms with Crippen LogP contribution >= 0.6 is 0 Å². The van der Waals surface area contributed by atoms with Gasteiger partial charge in [0.25, 0.3) is 0 Å². The highest BCUT2D eigenvalue weighted by molar-refractivity contribution is 6.02. The van der Waals surface area contributed by atoms with Crippen molar-refractivity contribution in [2.45, 2.75) is 45.1 Å². The summed E-state index contributed by atoms with van der Waals surface area (Å²) in [6.45, 7) is 3.87. The number of ketones is 1. The molecule has 1 fully saturated rings. The van der Waals surface area contributed by atoms with Gasteiger partial charge in [-0.25, -0.2) is 0 Å². The summed E-state index contributed by atoms with van der Waals surface area (Å²) in [5, 5.41) is 0. The number of fused-ring (bicyclic) bond motifs is 1. The fourth-order valence-electron chi connectivity index (χ4n) is 3.95. The van der Waals surface area contributed by atoms with Crippen molar-refractivity contribution < 1.29 is 28.5 Å². The molecule has 0 aliphatic heterocycles. The smallest absolute Gasteiger partial charge is 0.309 e. The second-order valence-electron chi connectivity index (χ2n) is 8.48. The summed E-state index contributed by atoms with van der Waals surface area (Å²) in [6, 6.07) is 9.53. The summed E-state index contributed by atoms with van der Waals surface area (Å²) >= 11 is 0. The van der Waals surface area contributed by atoms with Gasteiger partial charge >= 0.3 is 5.97 Å². The van der Waals surface area contributed by atoms with Crippen LogP contribution in [0, 0.1) is 5.92 Å². The van der Waals surface area contributed by atoms with Gasteiger partial charge in [-0.1, -0.05) is 32.0 Å². The summed E-state index contributed by atoms with van der Waals surface area (Å²) in [4.78, 5) is 24.4. The lowest BCUT2D eigenvalue weighted by Crippen LogP contribution is -2.29. The van der Waals surface area contributed by atoms with Crippen molar-refractivity contribution in [1.82, 2.24) is 0 Å². The lowest BCUT2D eigenvalue weighted by atomic mass is 9.95. The second kappa shape index (κ2) is 8.25. The van der Waals surface area contributed by atoms with Crippen molar-refractivity contribution in [3.8, 4) is 28.4 Å². The number of carbonyl (C=O) groups is 2. The normalized spacial score (nSPS) is 16.1. The fraction of sp³-hybridized carbons (Fsp3) is 0.440. The number of rotatable bonds is 8. The Kier molecular flexibility index (Phi) is 5.65. The van der Waals surface area contributed by atoms with E-state index < -0.39 is 5.60 Å². The minimum atomic E-state index is -0.596. The SMILES string of the molecule is COc1ccc(-c2cccc3c2CCC3=O)c(OCC2(OC(=O)C(C)C)CC2)c1OC. The molecule has 0 amide bonds. The van der Waals surface area contributed by atoms with Gasteiger partial charge in [0.15, 0.2) is 17.3 Å². The summed E-state index contributed by atoms with van der Waals surface area (Å²) in [5.41, 5.74) is 2.97. The van der Waals surface area contributed by atoms with E-state index in [-0.39, 0.29) is 24.3 Å². The van der Waals surface area contributed by atoms with Gasteiger partial charge in [0.1, 0.15) is 12.2 Å². The third-order valence-corrected chi connectivity index (χ3v) is 5.94. The number of ether oxygens (including phenoxy) is 4. The first-order chi connectivity index (χ1) is 14.9. The molecular formula is C25H28O6. The molecule has 0 radical (unpaired) electrons. The predicted octanol–water partition coefficient (Wildman–Crippen LogP) is 4.61. The van der Waals surface area contributed by atoms with Crippen LogP contribution < -0.4 is 14.2 Å². The third kappa shape index (κ3) is 3.99. The zero-order valence-corrected chi connectivity index (χ0v) is 18.4. The van der Waals surface area contributed by atoms with Crippen LogP contribution in [-0.2, 0) is 16.0 Å². The number of esters is 1. The van der Waals surface area contributed by atoms with Crippen molar-refractivity contribution in [2.75, 3.05) is 20.8 Å². The summed E-state index contributed by atoms with van der Waals surface area (Å²) in [5.74, 6) is 1.31. The van der Waals surface area contributed by atoms with Crippen LogP contribution in [0.3, 0.4) is 0 Å². The molecule has 0 N–H and O–H groups in total. The minimum Gasteiger partial charge on any atom is -0.493 e. The monoisotopic (exact) mass is 424 g/mol. The minimum absolute atomic E-state index is 0.164. The Hall–Kier alpha value is -3.02. The van der Waals surface area contributed by atoms with Gasteiger partial charge in [0.05, 0.1) is 20.1 Å². The molecule has 0 aromatic heterocycles. The molecule has 0 atom stereocenters. The number of carbonyl (C=O) groups excluding carboxylic acids is 2. The highest BCUT2D eigenvalue weighted by atomic mass is 16.6. The fourth-order valence-corrected chi connectivity index (χ4v) is 3.95. The van der Waals surface area contributed by atoms with Crippen molar-refractivity contribution in [3.05, 3.63) is 41.5 Å². The highest BCUT2D eigenvalue weighted by Crippen LogP contribution is 2.48. The lowest BCUT2D eigenvalue weighted by molar-refractivity contribution is -0.156. The number of benzene rings is 2. The Morgan fingerprint density at radius 3 is 2.35 bits per heavy atom. The molecule has 2 aliphatic carbocycles. The maximum absolute atomic E-state index is 12.3. The largest absolute Gasteiger partial charge is 0.493 e. The number of hydrogen-bond acceptors (Lipinski definition) is 6. The van der Waals surface area contributed by atoms with E-state index in [4.69, 9.17) is 18.9 Å². The van der Waals surface area contributed by atoms with Crippen LogP contribution in [0.4, 0.5) is 0 Å². The molecule has 31 heavy (non-hydrogen) atoms. The van der Waals surface area contributed by atoms with Crippen LogP contribution in [0.1, 0.15) is 49.0 Å². The molecule has 2 aromatic carbocycles. The zero-order chi connectivity index (χ0) is 22.2. The summed E-state index contributed by atoms with van der Waals surface area (Å²) in [7, 11) is 3.14. The van der Waals surface area contributed by atoms with Crippen molar-refractivity contribution in [2.24, 2.45) is 5.92 Å². The van der Waals surface area contributed by atoms with E-state index in [2.05, 4.69) is 0 Å². The van der Waals surface area contributed by atoms with Crippen LogP contribution in [0.25, 0.3) is 11.1 Å². The molecule has 0 saturated heterocycles. The lowest BCUT2D eigenvalue weighted by Gasteiger charge is -2.22. The summed E-state index contributed by atoms with van der Waals surface area (Å²) < 4.78 is 23.1. The Bertz CT molecular complexity index is 1020. The first-order valence-corrected chi connectivity index (χ1v) is 10.6. The zero-order valence-electron chi connectivity index (χ0n) is 18.4. The van der Waals surface area contributed by atoms with Crippen LogP contribution in [0.2, 0.25) is 0 Å². The third-order valence-electron chi connectivity index (χ3n) is 5.94. The molecule has 1 saturated carbocycles. The number of Topliss-reactive ketones (excluding diaryl/α,β-unsaturated/α-hetero) is 1. The topological polar surface area (TPSA) is 71.1 Å². The van der Waals surface area contributed by atoms with E-state index in [9.17, 15) is 9.59 Å². The van der Waals surface area contributed by atoms with Crippen LogP contribution in [0.5, 0.6) is 17.2 Å². The Labute approximate surface area is 182 Å². The highest BCUT2D eigenvalue weighted by Gasteiger charge is 2.48. The molecule has 2 aliphatic rings. The van der Waals surface area contributed by atoms with Crippen LogP contribution in [0.15, 0.2) is 30.3 Å². The molecule has 6 nitrogen and oxygen atoms in total. The van der Waals surface area contributed by atoms with Crippen molar-refractivity contribution in [1.29, 1.82) is 0 Å². The van der Waals surface area contributed by atoms with E-state index in [1.165, 1.54) is 0 Å². The van der Waals surface area contributed by atoms with E-state index in [0.717, 1.165) is 35.1 Å². The second-order valence-corrected chi connectivity index (χ2v) is 8.48. The molecule has 164 valence electrons. The van der Waals surface area contributed by atoms with E-state index in [1.54, 1.807) is 14.2 Å². The standard InChI is InChI=1S/C25H28O6/c1-15(2)24(27)31-25(12-13-25)14-30-22-19(9-11-21(28-3)23(22)29-4)16-6-5-7-18-17(16)8-10-20(18)26/h5-7,9,11,15H,8,10,12-14H2,1-4H3. The van der Waals surface area contributed by atoms with E-state index in [1.807, 2.05) is 44.2 Å². The molecule has 4 rings (SSSR count). The van der Waals surface area contributed by atoms with Crippen molar-refractivity contribution >= 4 is 11.8 Å². The van der Waals surface area contributed by atoms with Crippen molar-refractivity contribution in [3.63, 3.8) is 0 Å². The average molecular weight is 424 g/mol. The molecule has 0 heterocycles. The Morgan fingerprint density at radius 2 is 1.71 bits per heavy atom. The maximum atomic E-state index is 12.3. The first kappa shape index (κ1) is 21.2. The molecule has 0 unspecified atom stereocenters. The number of hydrogen-bond donors (Lipinski definition) is 0. The van der Waals surface area contributed by atoms with Gasteiger partial charge in [-0.3, -0.25) is 9.59 Å². The summed E-state index contributed by atoms with van der Waals surface area (Å²) in [6.07, 6.45) is 2.75. The van der Waals surface area contributed by atoms with Gasteiger partial charge in [-0.2, -0.15) is 0 Å². The quantitative estimate of drug-likeness (QED) is 0.577. The van der Waals surface area contributed by atoms with Gasteiger partial charge in [0, 0.05) is 17.5 Å².